The Morgan fingerprint density at radius 2 is 2.31 bits per heavy atom. The molecule has 1 aliphatic carbocycles. The van der Waals surface area contributed by atoms with Crippen LogP contribution in [0.4, 0.5) is 0 Å². The van der Waals surface area contributed by atoms with Crippen molar-refractivity contribution in [1.82, 2.24) is 5.32 Å². The molecule has 1 N–H and O–H groups in total. The van der Waals surface area contributed by atoms with E-state index >= 15 is 0 Å². The molecule has 1 saturated carbocycles. The summed E-state index contributed by atoms with van der Waals surface area (Å²) in [6.45, 7) is 1.95. The predicted octanol–water partition coefficient (Wildman–Crippen LogP) is 1.45. The second kappa shape index (κ2) is 5.97. The monoisotopic (exact) mass is 205 g/mol. The molecule has 76 valence electrons. The third kappa shape index (κ3) is 3.77. The number of hydrogen-bond acceptors (Lipinski definition) is 2. The van der Waals surface area contributed by atoms with E-state index in [-0.39, 0.29) is 30.1 Å². The molecule has 13 heavy (non-hydrogen) atoms. The zero-order valence-electron chi connectivity index (χ0n) is 7.84. The first-order valence-electron chi connectivity index (χ1n) is 4.56. The molecule has 4 heteroatoms. The number of amides is 1. The fourth-order valence-electron chi connectivity index (χ4n) is 1.46. The number of Topliss-reactive ketones (excluding diaryl/α,β-unsaturated/α-hetero) is 1. The van der Waals surface area contributed by atoms with Crippen LogP contribution in [0.2, 0.25) is 0 Å². The quantitative estimate of drug-likeness (QED) is 0.758. The van der Waals surface area contributed by atoms with Crippen LogP contribution in [0, 0.1) is 0 Å². The largest absolute Gasteiger partial charge is 0.346 e. The molecule has 1 aliphatic rings. The van der Waals surface area contributed by atoms with Crippen LogP contribution < -0.4 is 5.32 Å². The fourth-order valence-corrected chi connectivity index (χ4v) is 1.46. The first kappa shape index (κ1) is 12.4. The van der Waals surface area contributed by atoms with Gasteiger partial charge in [0.1, 0.15) is 0 Å². The minimum atomic E-state index is -0.177. The van der Waals surface area contributed by atoms with Crippen molar-refractivity contribution in [2.75, 3.05) is 0 Å². The van der Waals surface area contributed by atoms with Crippen molar-refractivity contribution in [3.63, 3.8) is 0 Å². The molecule has 0 aromatic heterocycles. The van der Waals surface area contributed by atoms with E-state index in [0.717, 1.165) is 19.3 Å². The summed E-state index contributed by atoms with van der Waals surface area (Å²) in [5, 5.41) is 2.74. The zero-order valence-corrected chi connectivity index (χ0v) is 8.65. The van der Waals surface area contributed by atoms with Gasteiger partial charge in [0, 0.05) is 12.8 Å². The maximum atomic E-state index is 11.1. The summed E-state index contributed by atoms with van der Waals surface area (Å²) in [5.74, 6) is 0.206. The normalized spacial score (nSPS) is 21.0. The van der Waals surface area contributed by atoms with Gasteiger partial charge in [-0.05, 0) is 19.3 Å². The van der Waals surface area contributed by atoms with Crippen molar-refractivity contribution in [3.05, 3.63) is 0 Å². The summed E-state index contributed by atoms with van der Waals surface area (Å²) in [4.78, 5) is 22.2. The Kier molecular flexibility index (Phi) is 5.71. The molecule has 1 fully saturated rings. The van der Waals surface area contributed by atoms with E-state index in [0.29, 0.717) is 12.8 Å². The Bertz CT molecular complexity index is 194. The molecule has 3 nitrogen and oxygen atoms in total. The van der Waals surface area contributed by atoms with Crippen molar-refractivity contribution in [2.24, 2.45) is 0 Å². The highest BCUT2D eigenvalue weighted by molar-refractivity contribution is 5.90. The number of hydrogen-bond donors (Lipinski definition) is 1. The van der Waals surface area contributed by atoms with Crippen LogP contribution in [0.25, 0.3) is 0 Å². The maximum Gasteiger partial charge on any atom is 0.220 e. The minimum Gasteiger partial charge on any atom is -0.346 e. The van der Waals surface area contributed by atoms with Gasteiger partial charge in [0.2, 0.25) is 5.91 Å². The van der Waals surface area contributed by atoms with E-state index in [1.807, 2.05) is 6.92 Å². The van der Waals surface area contributed by atoms with Gasteiger partial charge in [0.15, 0.2) is 5.78 Å². The van der Waals surface area contributed by atoms with Gasteiger partial charge in [0.05, 0.1) is 6.04 Å². The third-order valence-corrected chi connectivity index (χ3v) is 2.12. The highest BCUT2D eigenvalue weighted by atomic mass is 35.5. The molecule has 0 aromatic rings. The molecule has 0 spiro atoms. The lowest BCUT2D eigenvalue weighted by Gasteiger charge is -2.09. The van der Waals surface area contributed by atoms with Crippen LogP contribution in [-0.2, 0) is 9.59 Å². The molecule has 0 radical (unpaired) electrons. The van der Waals surface area contributed by atoms with Crippen molar-refractivity contribution in [3.8, 4) is 0 Å². The Hall–Kier alpha value is -0.570. The summed E-state index contributed by atoms with van der Waals surface area (Å²) in [7, 11) is 0. The number of carbonyl (C=O) groups is 2. The lowest BCUT2D eigenvalue weighted by molar-refractivity contribution is -0.126. The Morgan fingerprint density at radius 1 is 1.62 bits per heavy atom. The first-order valence-corrected chi connectivity index (χ1v) is 4.56. The summed E-state index contributed by atoms with van der Waals surface area (Å²) in [6.07, 6.45) is 3.76. The predicted molar refractivity (Wildman–Crippen MR) is 52.9 cm³/mol. The first-order chi connectivity index (χ1) is 5.74. The molecule has 1 rings (SSSR count). The number of halogens is 1. The van der Waals surface area contributed by atoms with Gasteiger partial charge in [-0.25, -0.2) is 0 Å². The minimum absolute atomic E-state index is 0. The van der Waals surface area contributed by atoms with Crippen molar-refractivity contribution in [1.29, 1.82) is 0 Å². The fraction of sp³-hybridized carbons (Fsp3) is 0.778. The molecular weight excluding hydrogens is 190 g/mol. The SMILES string of the molecule is CCCC(=O)N[C@H]1CCCC1=O.Cl. The molecule has 0 saturated heterocycles. The van der Waals surface area contributed by atoms with Crippen LogP contribution >= 0.6 is 12.4 Å². The average molecular weight is 206 g/mol. The van der Waals surface area contributed by atoms with E-state index in [1.54, 1.807) is 0 Å². The number of rotatable bonds is 3. The van der Waals surface area contributed by atoms with Gasteiger partial charge >= 0.3 is 0 Å². The van der Waals surface area contributed by atoms with E-state index < -0.39 is 0 Å². The Balaban J connectivity index is 0.00000144. The summed E-state index contributed by atoms with van der Waals surface area (Å²) >= 11 is 0. The molecule has 0 unspecified atom stereocenters. The van der Waals surface area contributed by atoms with Crippen molar-refractivity contribution >= 4 is 24.1 Å². The Labute approximate surface area is 84.7 Å². The van der Waals surface area contributed by atoms with Gasteiger partial charge in [-0.1, -0.05) is 6.92 Å². The molecule has 0 heterocycles. The lowest BCUT2D eigenvalue weighted by atomic mass is 10.2. The van der Waals surface area contributed by atoms with E-state index in [4.69, 9.17) is 0 Å². The van der Waals surface area contributed by atoms with E-state index in [2.05, 4.69) is 5.32 Å². The average Bonchev–Trinajstić information content (AvgIpc) is 2.37. The second-order valence-corrected chi connectivity index (χ2v) is 3.23. The van der Waals surface area contributed by atoms with Crippen LogP contribution in [0.15, 0.2) is 0 Å². The molecule has 1 atom stereocenters. The van der Waals surface area contributed by atoms with Crippen molar-refractivity contribution in [2.45, 2.75) is 45.1 Å². The van der Waals surface area contributed by atoms with Crippen LogP contribution in [0.3, 0.4) is 0 Å². The van der Waals surface area contributed by atoms with Crippen LogP contribution in [-0.4, -0.2) is 17.7 Å². The summed E-state index contributed by atoms with van der Waals surface area (Å²) in [5.41, 5.74) is 0. The maximum absolute atomic E-state index is 11.1. The van der Waals surface area contributed by atoms with Crippen LogP contribution in [0.5, 0.6) is 0 Å². The Morgan fingerprint density at radius 3 is 2.77 bits per heavy atom. The molecule has 0 aromatic carbocycles. The molecular formula is C9H16ClNO2. The molecule has 0 bridgehead atoms. The van der Waals surface area contributed by atoms with Gasteiger partial charge in [0.25, 0.3) is 0 Å². The zero-order chi connectivity index (χ0) is 8.97. The highest BCUT2D eigenvalue weighted by Gasteiger charge is 2.25. The van der Waals surface area contributed by atoms with Crippen molar-refractivity contribution < 1.29 is 9.59 Å². The van der Waals surface area contributed by atoms with Gasteiger partial charge < -0.3 is 5.32 Å². The van der Waals surface area contributed by atoms with E-state index in [9.17, 15) is 9.59 Å². The smallest absolute Gasteiger partial charge is 0.220 e. The molecule has 1 amide bonds. The van der Waals surface area contributed by atoms with Gasteiger partial charge in [-0.2, -0.15) is 0 Å². The van der Waals surface area contributed by atoms with Crippen LogP contribution in [0.1, 0.15) is 39.0 Å². The lowest BCUT2D eigenvalue weighted by Crippen LogP contribution is -2.37. The molecule has 0 aliphatic heterocycles. The standard InChI is InChI=1S/C9H15NO2.ClH/c1-2-4-9(12)10-7-5-3-6-8(7)11;/h7H,2-6H2,1H3,(H,10,12);1H/t7-;/m0./s1. The third-order valence-electron chi connectivity index (χ3n) is 2.12. The van der Waals surface area contributed by atoms with Gasteiger partial charge in [-0.15, -0.1) is 12.4 Å². The number of ketones is 1. The second-order valence-electron chi connectivity index (χ2n) is 3.23. The number of nitrogens with one attached hydrogen (secondary N) is 1. The van der Waals surface area contributed by atoms with E-state index in [1.165, 1.54) is 0 Å². The topological polar surface area (TPSA) is 46.2 Å². The summed E-state index contributed by atoms with van der Waals surface area (Å²) < 4.78 is 0. The number of carbonyl (C=O) groups excluding carboxylic acids is 2. The highest BCUT2D eigenvalue weighted by Crippen LogP contribution is 2.14. The van der Waals surface area contributed by atoms with Gasteiger partial charge in [-0.3, -0.25) is 9.59 Å². The summed E-state index contributed by atoms with van der Waals surface area (Å²) in [6, 6.07) is -0.177.